The Balaban J connectivity index is 1.97. The van der Waals surface area contributed by atoms with Crippen molar-refractivity contribution in [2.45, 2.75) is 6.18 Å². The number of hydrogen-bond acceptors (Lipinski definition) is 3. The van der Waals surface area contributed by atoms with E-state index >= 15 is 0 Å². The molecule has 2 heterocycles. The van der Waals surface area contributed by atoms with E-state index in [1.165, 1.54) is 55.8 Å². The Bertz CT molecular complexity index is 1230. The standard InChI is InChI=1S/C21H14F4N4O/c1-26-20(30)16-11-29-17(10-27-16)28-18(12-4-8-15(22)9-5-12)19(29)13-2-6-14(7-3-13)21(23,24)25/h2-11H,1H3,(H,26,30). The monoisotopic (exact) mass is 414 g/mol. The molecule has 4 aromatic rings. The second kappa shape index (κ2) is 7.25. The highest BCUT2D eigenvalue weighted by atomic mass is 19.4. The van der Waals surface area contributed by atoms with Crippen molar-refractivity contribution in [2.24, 2.45) is 0 Å². The van der Waals surface area contributed by atoms with Crippen LogP contribution >= 0.6 is 0 Å². The summed E-state index contributed by atoms with van der Waals surface area (Å²) in [5.41, 5.74) is 1.61. The maximum Gasteiger partial charge on any atom is 0.416 e. The van der Waals surface area contributed by atoms with Crippen LogP contribution in [0.3, 0.4) is 0 Å². The Kier molecular flexibility index (Phi) is 4.73. The van der Waals surface area contributed by atoms with Crippen LogP contribution in [-0.4, -0.2) is 27.3 Å². The largest absolute Gasteiger partial charge is 0.416 e. The van der Waals surface area contributed by atoms with E-state index in [0.29, 0.717) is 28.2 Å². The van der Waals surface area contributed by atoms with Crippen molar-refractivity contribution < 1.29 is 22.4 Å². The van der Waals surface area contributed by atoms with E-state index in [1.54, 1.807) is 4.40 Å². The van der Waals surface area contributed by atoms with Crippen LogP contribution in [0, 0.1) is 5.82 Å². The van der Waals surface area contributed by atoms with Crippen molar-refractivity contribution in [1.82, 2.24) is 19.7 Å². The van der Waals surface area contributed by atoms with E-state index in [-0.39, 0.29) is 5.69 Å². The minimum atomic E-state index is -4.46. The number of fused-ring (bicyclic) bond motifs is 1. The lowest BCUT2D eigenvalue weighted by Crippen LogP contribution is -2.19. The van der Waals surface area contributed by atoms with Crippen LogP contribution in [0.15, 0.2) is 60.9 Å². The Hall–Kier alpha value is -3.75. The molecule has 0 aliphatic carbocycles. The number of amides is 1. The van der Waals surface area contributed by atoms with Crippen LogP contribution in [0.2, 0.25) is 0 Å². The number of carbonyl (C=O) groups is 1. The van der Waals surface area contributed by atoms with Gasteiger partial charge in [-0.25, -0.2) is 14.4 Å². The Morgan fingerprint density at radius 2 is 1.63 bits per heavy atom. The van der Waals surface area contributed by atoms with Crippen LogP contribution in [0.1, 0.15) is 16.1 Å². The lowest BCUT2D eigenvalue weighted by molar-refractivity contribution is -0.137. The number of hydrogen-bond donors (Lipinski definition) is 1. The molecule has 0 saturated carbocycles. The van der Waals surface area contributed by atoms with Gasteiger partial charge in [0.1, 0.15) is 11.5 Å². The fourth-order valence-electron chi connectivity index (χ4n) is 3.10. The lowest BCUT2D eigenvalue weighted by Gasteiger charge is -2.10. The fraction of sp³-hybridized carbons (Fsp3) is 0.0952. The summed E-state index contributed by atoms with van der Waals surface area (Å²) < 4.78 is 53.9. The summed E-state index contributed by atoms with van der Waals surface area (Å²) in [5.74, 6) is -0.852. The van der Waals surface area contributed by atoms with Crippen LogP contribution in [-0.2, 0) is 6.18 Å². The van der Waals surface area contributed by atoms with Crippen LogP contribution in [0.5, 0.6) is 0 Å². The van der Waals surface area contributed by atoms with Gasteiger partial charge in [-0.15, -0.1) is 0 Å². The first-order valence-corrected chi connectivity index (χ1v) is 8.81. The van der Waals surface area contributed by atoms with E-state index in [1.807, 2.05) is 0 Å². The van der Waals surface area contributed by atoms with Crippen LogP contribution in [0.4, 0.5) is 17.6 Å². The van der Waals surface area contributed by atoms with Gasteiger partial charge in [-0.05, 0) is 36.4 Å². The predicted molar refractivity (Wildman–Crippen MR) is 102 cm³/mol. The Labute approximate surface area is 168 Å². The molecule has 0 bridgehead atoms. The third-order valence-electron chi connectivity index (χ3n) is 4.57. The number of nitrogens with one attached hydrogen (secondary N) is 1. The van der Waals surface area contributed by atoms with Gasteiger partial charge in [-0.2, -0.15) is 13.2 Å². The minimum Gasteiger partial charge on any atom is -0.354 e. The summed E-state index contributed by atoms with van der Waals surface area (Å²) in [4.78, 5) is 20.6. The molecule has 0 atom stereocenters. The topological polar surface area (TPSA) is 59.3 Å². The summed E-state index contributed by atoms with van der Waals surface area (Å²) in [6.07, 6.45) is -1.61. The van der Waals surface area contributed by atoms with Crippen molar-refractivity contribution in [1.29, 1.82) is 0 Å². The molecule has 152 valence electrons. The van der Waals surface area contributed by atoms with Crippen molar-refractivity contribution in [3.8, 4) is 22.5 Å². The molecule has 30 heavy (non-hydrogen) atoms. The van der Waals surface area contributed by atoms with Crippen molar-refractivity contribution in [3.63, 3.8) is 0 Å². The van der Waals surface area contributed by atoms with Gasteiger partial charge in [0.15, 0.2) is 5.65 Å². The molecular weight excluding hydrogens is 400 g/mol. The van der Waals surface area contributed by atoms with Crippen LogP contribution in [0.25, 0.3) is 28.2 Å². The predicted octanol–water partition coefficient (Wildman–Crippen LogP) is 4.58. The summed E-state index contributed by atoms with van der Waals surface area (Å²) in [6.45, 7) is 0. The van der Waals surface area contributed by atoms with Gasteiger partial charge in [-0.3, -0.25) is 9.20 Å². The molecule has 2 aromatic carbocycles. The molecule has 1 amide bonds. The van der Waals surface area contributed by atoms with Crippen molar-refractivity contribution in [2.75, 3.05) is 7.05 Å². The molecule has 4 rings (SSSR count). The molecule has 0 radical (unpaired) electrons. The van der Waals surface area contributed by atoms with Gasteiger partial charge in [0.2, 0.25) is 0 Å². The number of nitrogens with zero attached hydrogens (tertiary/aromatic N) is 3. The van der Waals surface area contributed by atoms with Crippen molar-refractivity contribution >= 4 is 11.6 Å². The van der Waals surface area contributed by atoms with E-state index in [2.05, 4.69) is 15.3 Å². The van der Waals surface area contributed by atoms with E-state index in [4.69, 9.17) is 0 Å². The molecule has 5 nitrogen and oxygen atoms in total. The minimum absolute atomic E-state index is 0.112. The smallest absolute Gasteiger partial charge is 0.354 e. The molecule has 0 aliphatic rings. The highest BCUT2D eigenvalue weighted by molar-refractivity contribution is 5.92. The first-order chi connectivity index (χ1) is 14.3. The van der Waals surface area contributed by atoms with Gasteiger partial charge >= 0.3 is 6.18 Å². The van der Waals surface area contributed by atoms with E-state index in [9.17, 15) is 22.4 Å². The number of alkyl halides is 3. The van der Waals surface area contributed by atoms with E-state index < -0.39 is 23.5 Å². The number of halogens is 4. The fourth-order valence-corrected chi connectivity index (χ4v) is 3.10. The van der Waals surface area contributed by atoms with Gasteiger partial charge in [0.05, 0.1) is 23.1 Å². The maximum atomic E-state index is 13.4. The second-order valence-electron chi connectivity index (χ2n) is 6.47. The second-order valence-corrected chi connectivity index (χ2v) is 6.47. The number of benzene rings is 2. The Morgan fingerprint density at radius 1 is 1.00 bits per heavy atom. The lowest BCUT2D eigenvalue weighted by atomic mass is 10.0. The average Bonchev–Trinajstić information content (AvgIpc) is 3.11. The summed E-state index contributed by atoms with van der Waals surface area (Å²) in [6, 6.07) is 10.2. The average molecular weight is 414 g/mol. The quantitative estimate of drug-likeness (QED) is 0.499. The molecule has 0 unspecified atom stereocenters. The normalized spacial score (nSPS) is 11.6. The van der Waals surface area contributed by atoms with Gasteiger partial charge in [0, 0.05) is 24.4 Å². The highest BCUT2D eigenvalue weighted by Crippen LogP contribution is 2.35. The van der Waals surface area contributed by atoms with Gasteiger partial charge < -0.3 is 5.32 Å². The zero-order valence-corrected chi connectivity index (χ0v) is 15.5. The molecule has 0 aliphatic heterocycles. The molecule has 0 saturated heterocycles. The van der Waals surface area contributed by atoms with Crippen LogP contribution < -0.4 is 5.32 Å². The number of imidazole rings is 1. The zero-order chi connectivity index (χ0) is 21.5. The summed E-state index contributed by atoms with van der Waals surface area (Å²) >= 11 is 0. The maximum absolute atomic E-state index is 13.4. The number of rotatable bonds is 3. The summed E-state index contributed by atoms with van der Waals surface area (Å²) in [7, 11) is 1.46. The zero-order valence-electron chi connectivity index (χ0n) is 15.5. The molecule has 2 aromatic heterocycles. The molecule has 9 heteroatoms. The third kappa shape index (κ3) is 3.49. The Morgan fingerprint density at radius 3 is 2.23 bits per heavy atom. The molecular formula is C21H14F4N4O. The molecule has 0 spiro atoms. The SMILES string of the molecule is CNC(=O)c1cn2c(-c3ccc(C(F)(F)F)cc3)c(-c3ccc(F)cc3)nc2cn1. The third-order valence-corrected chi connectivity index (χ3v) is 4.57. The number of aromatic nitrogens is 3. The first-order valence-electron chi connectivity index (χ1n) is 8.81. The molecule has 1 N–H and O–H groups in total. The van der Waals surface area contributed by atoms with Crippen molar-refractivity contribution in [3.05, 3.63) is 78.0 Å². The number of carbonyl (C=O) groups excluding carboxylic acids is 1. The van der Waals surface area contributed by atoms with Gasteiger partial charge in [-0.1, -0.05) is 12.1 Å². The first kappa shape index (κ1) is 19.6. The van der Waals surface area contributed by atoms with E-state index in [0.717, 1.165) is 12.1 Å². The van der Waals surface area contributed by atoms with Gasteiger partial charge in [0.25, 0.3) is 5.91 Å². The highest BCUT2D eigenvalue weighted by Gasteiger charge is 2.30. The molecule has 0 fully saturated rings. The summed E-state index contributed by atoms with van der Waals surface area (Å²) in [5, 5.41) is 2.47.